The number of amides is 2. The number of carboxylic acid groups (broad SMARTS) is 1. The van der Waals surface area contributed by atoms with Crippen LogP contribution in [0.1, 0.15) is 30.0 Å². The van der Waals surface area contributed by atoms with E-state index in [1.165, 1.54) is 16.7 Å². The molecule has 2 fully saturated rings. The summed E-state index contributed by atoms with van der Waals surface area (Å²) in [6, 6.07) is 7.29. The Morgan fingerprint density at radius 1 is 1.29 bits per heavy atom. The molecule has 8 nitrogen and oxygen atoms in total. The summed E-state index contributed by atoms with van der Waals surface area (Å²) in [5.74, 6) is -1.86. The molecule has 28 heavy (non-hydrogen) atoms. The van der Waals surface area contributed by atoms with Crippen LogP contribution < -0.4 is 10.4 Å². The molecule has 2 aliphatic heterocycles. The van der Waals surface area contributed by atoms with Gasteiger partial charge >= 0.3 is 0 Å². The van der Waals surface area contributed by atoms with Crippen LogP contribution in [0.4, 0.5) is 0 Å². The lowest BCUT2D eigenvalue weighted by atomic mass is 9.95. The number of carboxylic acids is 1. The summed E-state index contributed by atoms with van der Waals surface area (Å²) in [7, 11) is 0. The first-order valence-electron chi connectivity index (χ1n) is 8.76. The van der Waals surface area contributed by atoms with Crippen LogP contribution in [-0.4, -0.2) is 50.0 Å². The van der Waals surface area contributed by atoms with Crippen molar-refractivity contribution in [2.45, 2.75) is 43.0 Å². The number of benzene rings is 1. The molecule has 2 saturated heterocycles. The van der Waals surface area contributed by atoms with Crippen molar-refractivity contribution in [1.82, 2.24) is 15.4 Å². The first-order valence-corrected chi connectivity index (χ1v) is 9.64. The number of aromatic nitrogens is 1. The third-order valence-corrected chi connectivity index (χ3v) is 6.66. The standard InChI is InChI=1S/C19H19N3O5S/c1-9-11(12(21-27-9)10-7-5-4-6-8-10)15(23)20-13-16(24)22-14(18(25)26)19(2,3)28-17(13)22/h4-8,13-14,17H,1-3H3,(H,20,23)(H,25,26)/p-1/t13-,14-,17-/m0/s1. The van der Waals surface area contributed by atoms with E-state index in [1.54, 1.807) is 20.8 Å². The molecule has 3 heterocycles. The summed E-state index contributed by atoms with van der Waals surface area (Å²) >= 11 is 1.34. The fraction of sp³-hybridized carbons (Fsp3) is 0.368. The summed E-state index contributed by atoms with van der Waals surface area (Å²) in [5.41, 5.74) is 1.38. The van der Waals surface area contributed by atoms with Crippen LogP contribution in [0.2, 0.25) is 0 Å². The summed E-state index contributed by atoms with van der Waals surface area (Å²) in [6.45, 7) is 5.13. The number of nitrogens with one attached hydrogen (secondary N) is 1. The van der Waals surface area contributed by atoms with Crippen molar-refractivity contribution in [3.05, 3.63) is 41.7 Å². The maximum Gasteiger partial charge on any atom is 0.257 e. The number of hydrogen-bond donors (Lipinski definition) is 1. The zero-order valence-electron chi connectivity index (χ0n) is 15.5. The van der Waals surface area contributed by atoms with Gasteiger partial charge in [0.2, 0.25) is 5.91 Å². The molecule has 3 atom stereocenters. The number of aryl methyl sites for hydroxylation is 1. The van der Waals surface area contributed by atoms with E-state index in [9.17, 15) is 19.5 Å². The highest BCUT2D eigenvalue weighted by Crippen LogP contribution is 2.50. The van der Waals surface area contributed by atoms with E-state index in [4.69, 9.17) is 4.52 Å². The van der Waals surface area contributed by atoms with Crippen LogP contribution in [-0.2, 0) is 9.59 Å². The molecule has 1 aromatic carbocycles. The van der Waals surface area contributed by atoms with E-state index < -0.39 is 40.0 Å². The van der Waals surface area contributed by atoms with Crippen molar-refractivity contribution in [1.29, 1.82) is 0 Å². The quantitative estimate of drug-likeness (QED) is 0.746. The minimum absolute atomic E-state index is 0.260. The van der Waals surface area contributed by atoms with Gasteiger partial charge in [0.25, 0.3) is 5.91 Å². The number of carbonyl (C=O) groups excluding carboxylic acids is 3. The SMILES string of the molecule is Cc1onc(-c2ccccc2)c1C(=O)N[C@H]1C(=O)N2[C@@H](C(=O)[O-])C(C)(C)S[C@@H]12. The second kappa shape index (κ2) is 6.37. The molecule has 0 spiro atoms. The molecule has 1 aromatic heterocycles. The number of β-lactam (4-membered cyclic amide) rings is 1. The molecule has 2 amide bonds. The number of aliphatic carboxylic acids is 1. The summed E-state index contributed by atoms with van der Waals surface area (Å²) in [6.07, 6.45) is 0. The van der Waals surface area contributed by atoms with Crippen LogP contribution in [0.5, 0.6) is 0 Å². The van der Waals surface area contributed by atoms with Crippen molar-refractivity contribution in [3.63, 3.8) is 0 Å². The lowest BCUT2D eigenvalue weighted by Crippen LogP contribution is -2.71. The zero-order chi connectivity index (χ0) is 20.2. The molecule has 2 aromatic rings. The normalized spacial score (nSPS) is 25.2. The zero-order valence-corrected chi connectivity index (χ0v) is 16.3. The van der Waals surface area contributed by atoms with Gasteiger partial charge in [0, 0.05) is 10.3 Å². The van der Waals surface area contributed by atoms with Gasteiger partial charge in [0.1, 0.15) is 28.4 Å². The van der Waals surface area contributed by atoms with Gasteiger partial charge in [-0.15, -0.1) is 11.8 Å². The number of hydrogen-bond acceptors (Lipinski definition) is 7. The van der Waals surface area contributed by atoms with Crippen molar-refractivity contribution < 1.29 is 24.0 Å². The second-order valence-corrected chi connectivity index (χ2v) is 9.13. The number of fused-ring (bicyclic) bond motifs is 1. The van der Waals surface area contributed by atoms with Gasteiger partial charge < -0.3 is 24.6 Å². The average Bonchev–Trinajstić information content (AvgIpc) is 3.15. The Labute approximate surface area is 165 Å². The highest BCUT2D eigenvalue weighted by molar-refractivity contribution is 8.01. The van der Waals surface area contributed by atoms with Crippen molar-refractivity contribution in [2.24, 2.45) is 0 Å². The van der Waals surface area contributed by atoms with E-state index >= 15 is 0 Å². The second-order valence-electron chi connectivity index (χ2n) is 7.36. The predicted octanol–water partition coefficient (Wildman–Crippen LogP) is 0.561. The molecular formula is C19H18N3O5S-. The minimum atomic E-state index is -1.29. The smallest absolute Gasteiger partial charge is 0.257 e. The molecule has 0 bridgehead atoms. The van der Waals surface area contributed by atoms with Crippen LogP contribution in [0.25, 0.3) is 11.3 Å². The monoisotopic (exact) mass is 400 g/mol. The van der Waals surface area contributed by atoms with Gasteiger partial charge in [-0.1, -0.05) is 35.5 Å². The van der Waals surface area contributed by atoms with Crippen molar-refractivity contribution >= 4 is 29.5 Å². The molecule has 0 saturated carbocycles. The number of carbonyl (C=O) groups is 3. The van der Waals surface area contributed by atoms with Crippen molar-refractivity contribution in [3.8, 4) is 11.3 Å². The van der Waals surface area contributed by atoms with E-state index in [0.717, 1.165) is 5.56 Å². The van der Waals surface area contributed by atoms with Crippen LogP contribution in [0, 0.1) is 6.92 Å². The lowest BCUT2D eigenvalue weighted by molar-refractivity contribution is -0.312. The highest BCUT2D eigenvalue weighted by atomic mass is 32.2. The van der Waals surface area contributed by atoms with Gasteiger partial charge in [-0.2, -0.15) is 0 Å². The van der Waals surface area contributed by atoms with E-state index in [1.807, 2.05) is 30.3 Å². The van der Waals surface area contributed by atoms with Gasteiger partial charge in [0.05, 0.1) is 12.0 Å². The first-order chi connectivity index (χ1) is 13.2. The van der Waals surface area contributed by atoms with Gasteiger partial charge in [-0.3, -0.25) is 9.59 Å². The van der Waals surface area contributed by atoms with Crippen molar-refractivity contribution in [2.75, 3.05) is 0 Å². The largest absolute Gasteiger partial charge is 0.548 e. The Morgan fingerprint density at radius 2 is 1.96 bits per heavy atom. The maximum absolute atomic E-state index is 12.9. The number of rotatable bonds is 4. The van der Waals surface area contributed by atoms with Gasteiger partial charge in [-0.05, 0) is 20.8 Å². The minimum Gasteiger partial charge on any atom is -0.548 e. The Bertz CT molecular complexity index is 971. The third kappa shape index (κ3) is 2.69. The Balaban J connectivity index is 1.58. The fourth-order valence-corrected chi connectivity index (χ4v) is 5.39. The van der Waals surface area contributed by atoms with E-state index in [0.29, 0.717) is 11.5 Å². The van der Waals surface area contributed by atoms with Crippen LogP contribution in [0.15, 0.2) is 34.9 Å². The Kier molecular flexibility index (Phi) is 4.22. The van der Waals surface area contributed by atoms with Crippen LogP contribution >= 0.6 is 11.8 Å². The predicted molar refractivity (Wildman–Crippen MR) is 99.0 cm³/mol. The summed E-state index contributed by atoms with van der Waals surface area (Å²) in [5, 5.41) is 17.7. The number of nitrogens with zero attached hydrogens (tertiary/aromatic N) is 2. The Hall–Kier alpha value is -2.81. The van der Waals surface area contributed by atoms with Crippen LogP contribution in [0.3, 0.4) is 0 Å². The molecular weight excluding hydrogens is 382 g/mol. The maximum atomic E-state index is 12.9. The molecule has 0 unspecified atom stereocenters. The van der Waals surface area contributed by atoms with E-state index in [2.05, 4.69) is 10.5 Å². The molecule has 9 heteroatoms. The fourth-order valence-electron chi connectivity index (χ4n) is 3.77. The summed E-state index contributed by atoms with van der Waals surface area (Å²) < 4.78 is 4.49. The molecule has 1 N–H and O–H groups in total. The molecule has 4 rings (SSSR count). The third-order valence-electron chi connectivity index (χ3n) is 5.09. The number of thioether (sulfide) groups is 1. The molecule has 146 valence electrons. The Morgan fingerprint density at radius 3 is 2.61 bits per heavy atom. The first kappa shape index (κ1) is 18.5. The van der Waals surface area contributed by atoms with Gasteiger partial charge in [-0.25, -0.2) is 0 Å². The topological polar surface area (TPSA) is 116 Å². The lowest BCUT2D eigenvalue weighted by Gasteiger charge is -2.45. The highest BCUT2D eigenvalue weighted by Gasteiger charge is 2.62. The van der Waals surface area contributed by atoms with Gasteiger partial charge in [0.15, 0.2) is 0 Å². The summed E-state index contributed by atoms with van der Waals surface area (Å²) in [4.78, 5) is 38.2. The molecule has 2 aliphatic rings. The van der Waals surface area contributed by atoms with E-state index in [-0.39, 0.29) is 5.56 Å². The average molecular weight is 400 g/mol. The molecule has 0 aliphatic carbocycles. The molecule has 0 radical (unpaired) electrons.